The van der Waals surface area contributed by atoms with E-state index in [2.05, 4.69) is 15.7 Å². The molecule has 0 atom stereocenters. The molecule has 168 valence electrons. The van der Waals surface area contributed by atoms with Gasteiger partial charge in [0.2, 0.25) is 0 Å². The highest BCUT2D eigenvalue weighted by Gasteiger charge is 2.18. The summed E-state index contributed by atoms with van der Waals surface area (Å²) in [5.41, 5.74) is 2.38. The van der Waals surface area contributed by atoms with Crippen molar-refractivity contribution in [3.8, 4) is 10.4 Å². The van der Waals surface area contributed by atoms with Gasteiger partial charge in [-0.15, -0.1) is 11.3 Å². The SMILES string of the molecule is COC(=O)c1cc(-c2ccccc2)sc1NC(=S)Nc1ccn(Cc2ccc(Cl)c(Cl)c2)n1. The van der Waals surface area contributed by atoms with Crippen LogP contribution in [0.3, 0.4) is 0 Å². The molecule has 2 N–H and O–H groups in total. The number of hydrogen-bond donors (Lipinski definition) is 2. The number of carbonyl (C=O) groups excluding carboxylic acids is 1. The standard InChI is InChI=1S/C23H18Cl2N4O2S2/c1-31-22(30)16-12-19(15-5-3-2-4-6-15)33-21(16)27-23(32)26-20-9-10-29(28-20)13-14-7-8-17(24)18(25)11-14/h2-12H,13H2,1H3,(H2,26,27,28,32). The first-order valence-electron chi connectivity index (χ1n) is 9.76. The topological polar surface area (TPSA) is 68.2 Å². The van der Waals surface area contributed by atoms with Crippen LogP contribution in [0.1, 0.15) is 15.9 Å². The van der Waals surface area contributed by atoms with Crippen molar-refractivity contribution >= 4 is 68.7 Å². The third kappa shape index (κ3) is 5.72. The van der Waals surface area contributed by atoms with Crippen LogP contribution in [0.4, 0.5) is 10.8 Å². The van der Waals surface area contributed by atoms with Crippen LogP contribution >= 0.6 is 46.8 Å². The zero-order chi connectivity index (χ0) is 23.4. The molecule has 4 rings (SSSR count). The van der Waals surface area contributed by atoms with Crippen molar-refractivity contribution in [2.45, 2.75) is 6.54 Å². The molecule has 0 fully saturated rings. The van der Waals surface area contributed by atoms with E-state index in [-0.39, 0.29) is 0 Å². The van der Waals surface area contributed by atoms with Crippen molar-refractivity contribution in [2.24, 2.45) is 0 Å². The number of methoxy groups -OCH3 is 1. The number of carbonyl (C=O) groups is 1. The zero-order valence-corrected chi connectivity index (χ0v) is 20.5. The van der Waals surface area contributed by atoms with Gasteiger partial charge >= 0.3 is 5.97 Å². The highest BCUT2D eigenvalue weighted by atomic mass is 35.5. The number of ether oxygens (including phenoxy) is 1. The lowest BCUT2D eigenvalue weighted by atomic mass is 10.1. The maximum absolute atomic E-state index is 12.3. The summed E-state index contributed by atoms with van der Waals surface area (Å²) in [7, 11) is 1.35. The number of anilines is 2. The Bertz CT molecular complexity index is 1310. The van der Waals surface area contributed by atoms with E-state index in [1.807, 2.05) is 42.6 Å². The number of nitrogens with zero attached hydrogens (tertiary/aromatic N) is 2. The number of halogens is 2. The first-order chi connectivity index (χ1) is 15.9. The minimum Gasteiger partial charge on any atom is -0.465 e. The Labute approximate surface area is 210 Å². The Morgan fingerprint density at radius 1 is 1.09 bits per heavy atom. The van der Waals surface area contributed by atoms with Gasteiger partial charge in [0, 0.05) is 17.1 Å². The number of benzene rings is 2. The summed E-state index contributed by atoms with van der Waals surface area (Å²) in [4.78, 5) is 13.2. The fraction of sp³-hybridized carbons (Fsp3) is 0.0870. The van der Waals surface area contributed by atoms with Gasteiger partial charge < -0.3 is 15.4 Å². The Hall–Kier alpha value is -2.91. The van der Waals surface area contributed by atoms with Crippen LogP contribution < -0.4 is 10.6 Å². The summed E-state index contributed by atoms with van der Waals surface area (Å²) in [6, 6.07) is 18.8. The number of hydrogen-bond acceptors (Lipinski definition) is 5. The normalized spacial score (nSPS) is 10.6. The predicted octanol–water partition coefficient (Wildman–Crippen LogP) is 6.56. The summed E-state index contributed by atoms with van der Waals surface area (Å²) in [5.74, 6) is 0.122. The molecular formula is C23H18Cl2N4O2S2. The van der Waals surface area contributed by atoms with Crippen molar-refractivity contribution in [1.29, 1.82) is 0 Å². The van der Waals surface area contributed by atoms with Gasteiger partial charge in [0.15, 0.2) is 10.9 Å². The lowest BCUT2D eigenvalue weighted by molar-refractivity contribution is 0.0602. The zero-order valence-electron chi connectivity index (χ0n) is 17.3. The van der Waals surface area contributed by atoms with E-state index in [0.29, 0.717) is 38.1 Å². The summed E-state index contributed by atoms with van der Waals surface area (Å²) >= 11 is 18.9. The van der Waals surface area contributed by atoms with Crippen LogP contribution in [0.25, 0.3) is 10.4 Å². The number of aromatic nitrogens is 2. The van der Waals surface area contributed by atoms with Crippen LogP contribution in [0, 0.1) is 0 Å². The third-order valence-electron chi connectivity index (χ3n) is 4.63. The Balaban J connectivity index is 1.46. The summed E-state index contributed by atoms with van der Waals surface area (Å²) < 4.78 is 6.69. The first-order valence-corrected chi connectivity index (χ1v) is 11.7. The summed E-state index contributed by atoms with van der Waals surface area (Å²) in [6.45, 7) is 0.524. The van der Waals surface area contributed by atoms with E-state index < -0.39 is 5.97 Å². The monoisotopic (exact) mass is 516 g/mol. The van der Waals surface area contributed by atoms with E-state index in [1.54, 1.807) is 28.9 Å². The number of rotatable bonds is 6. The molecule has 0 radical (unpaired) electrons. The maximum Gasteiger partial charge on any atom is 0.340 e. The minimum atomic E-state index is -0.440. The second-order valence-electron chi connectivity index (χ2n) is 6.94. The highest BCUT2D eigenvalue weighted by Crippen LogP contribution is 2.36. The van der Waals surface area contributed by atoms with Crippen LogP contribution in [-0.4, -0.2) is 28.0 Å². The molecule has 0 bridgehead atoms. The molecule has 0 aliphatic heterocycles. The van der Waals surface area contributed by atoms with Crippen molar-refractivity contribution in [2.75, 3.05) is 17.7 Å². The largest absolute Gasteiger partial charge is 0.465 e. The molecule has 6 nitrogen and oxygen atoms in total. The smallest absolute Gasteiger partial charge is 0.340 e. The van der Waals surface area contributed by atoms with E-state index in [9.17, 15) is 4.79 Å². The second kappa shape index (κ2) is 10.4. The fourth-order valence-electron chi connectivity index (χ4n) is 3.08. The molecule has 10 heteroatoms. The van der Waals surface area contributed by atoms with Gasteiger partial charge in [-0.05, 0) is 41.5 Å². The Morgan fingerprint density at radius 2 is 1.88 bits per heavy atom. The van der Waals surface area contributed by atoms with Crippen LogP contribution in [0.5, 0.6) is 0 Å². The van der Waals surface area contributed by atoms with E-state index >= 15 is 0 Å². The molecule has 2 heterocycles. The molecule has 2 aromatic carbocycles. The summed E-state index contributed by atoms with van der Waals surface area (Å²) in [6.07, 6.45) is 1.83. The Kier molecular flexibility index (Phi) is 7.29. The average molecular weight is 517 g/mol. The fourth-order valence-corrected chi connectivity index (χ4v) is 4.73. The molecule has 0 saturated heterocycles. The highest BCUT2D eigenvalue weighted by molar-refractivity contribution is 7.80. The van der Waals surface area contributed by atoms with Crippen molar-refractivity contribution in [1.82, 2.24) is 9.78 Å². The minimum absolute atomic E-state index is 0.307. The Morgan fingerprint density at radius 3 is 2.61 bits per heavy atom. The summed E-state index contributed by atoms with van der Waals surface area (Å²) in [5, 5.41) is 12.5. The molecule has 0 aliphatic carbocycles. The molecule has 33 heavy (non-hydrogen) atoms. The number of nitrogens with one attached hydrogen (secondary N) is 2. The molecule has 0 unspecified atom stereocenters. The van der Waals surface area contributed by atoms with Crippen LogP contribution in [-0.2, 0) is 11.3 Å². The van der Waals surface area contributed by atoms with E-state index in [4.69, 9.17) is 40.2 Å². The second-order valence-corrected chi connectivity index (χ2v) is 9.21. The van der Waals surface area contributed by atoms with Crippen LogP contribution in [0.15, 0.2) is 66.9 Å². The van der Waals surface area contributed by atoms with Gasteiger partial charge in [-0.1, -0.05) is 59.6 Å². The third-order valence-corrected chi connectivity index (χ3v) is 6.68. The van der Waals surface area contributed by atoms with Gasteiger partial charge in [0.05, 0.1) is 29.3 Å². The molecule has 0 saturated carbocycles. The first kappa shape index (κ1) is 23.3. The maximum atomic E-state index is 12.3. The molecule has 0 spiro atoms. The predicted molar refractivity (Wildman–Crippen MR) is 139 cm³/mol. The van der Waals surface area contributed by atoms with Crippen molar-refractivity contribution in [3.05, 3.63) is 88.0 Å². The van der Waals surface area contributed by atoms with Crippen molar-refractivity contribution < 1.29 is 9.53 Å². The average Bonchev–Trinajstić information content (AvgIpc) is 3.43. The number of esters is 1. The van der Waals surface area contributed by atoms with Gasteiger partial charge in [-0.25, -0.2) is 4.79 Å². The van der Waals surface area contributed by atoms with Gasteiger partial charge in [-0.3, -0.25) is 4.68 Å². The van der Waals surface area contributed by atoms with Crippen molar-refractivity contribution in [3.63, 3.8) is 0 Å². The quantitative estimate of drug-likeness (QED) is 0.223. The van der Waals surface area contributed by atoms with E-state index in [1.165, 1.54) is 18.4 Å². The van der Waals surface area contributed by atoms with Gasteiger partial charge in [0.25, 0.3) is 0 Å². The van der Waals surface area contributed by atoms with E-state index in [0.717, 1.165) is 16.0 Å². The molecular weight excluding hydrogens is 499 g/mol. The molecule has 4 aromatic rings. The lowest BCUT2D eigenvalue weighted by Gasteiger charge is -2.08. The van der Waals surface area contributed by atoms with Crippen LogP contribution in [0.2, 0.25) is 10.0 Å². The number of thiocarbonyl (C=S) groups is 1. The number of thiophene rings is 1. The van der Waals surface area contributed by atoms with Gasteiger partial charge in [0.1, 0.15) is 5.00 Å². The lowest BCUT2D eigenvalue weighted by Crippen LogP contribution is -2.20. The molecule has 0 amide bonds. The van der Waals surface area contributed by atoms with Gasteiger partial charge in [-0.2, -0.15) is 5.10 Å². The molecule has 2 aromatic heterocycles. The molecule has 0 aliphatic rings.